The Labute approximate surface area is 248 Å². The van der Waals surface area contributed by atoms with Crippen LogP contribution in [0.15, 0.2) is 53.6 Å². The summed E-state index contributed by atoms with van der Waals surface area (Å²) in [7, 11) is -3.94. The monoisotopic (exact) mass is 625 g/mol. The summed E-state index contributed by atoms with van der Waals surface area (Å²) in [6.07, 6.45) is 1.53. The standard InChI is InChI=1S/C26H24ClN9O4S2/c1-15-8-21-22(12-28-15)41-25(30-21)26(38)36-7-6-35(14-19(36)11-24(37)29-13-23-31-33-34-32-23)42(39,40)20-5-3-16-9-18(27)4-2-17(16)10-20/h2-5,8-10,12,19H,6-7,11,13-14H2,1H3,(H,29,37)(H,31,32,33,34). The number of thiazole rings is 1. The van der Waals surface area contributed by atoms with Gasteiger partial charge in [0.15, 0.2) is 10.8 Å². The maximum atomic E-state index is 13.8. The summed E-state index contributed by atoms with van der Waals surface area (Å²) in [5.41, 5.74) is 1.43. The second-order valence-electron chi connectivity index (χ2n) is 9.79. The molecule has 2 aromatic carbocycles. The molecule has 0 radical (unpaired) electrons. The van der Waals surface area contributed by atoms with Crippen molar-refractivity contribution >= 4 is 65.8 Å². The van der Waals surface area contributed by atoms with Crippen LogP contribution in [0.4, 0.5) is 0 Å². The Hall–Kier alpha value is -4.05. The molecule has 3 aromatic heterocycles. The number of hydrogen-bond donors (Lipinski definition) is 2. The first-order chi connectivity index (χ1) is 20.2. The normalized spacial score (nSPS) is 16.2. The van der Waals surface area contributed by atoms with E-state index < -0.39 is 22.0 Å². The van der Waals surface area contributed by atoms with Crippen molar-refractivity contribution in [2.45, 2.75) is 30.8 Å². The number of tetrazole rings is 1. The van der Waals surface area contributed by atoms with E-state index in [2.05, 4.69) is 35.9 Å². The minimum absolute atomic E-state index is 0.0311. The van der Waals surface area contributed by atoms with Crippen LogP contribution in [0.5, 0.6) is 0 Å². The molecule has 1 unspecified atom stereocenters. The molecule has 13 nitrogen and oxygen atoms in total. The lowest BCUT2D eigenvalue weighted by Gasteiger charge is -2.40. The van der Waals surface area contributed by atoms with Crippen molar-refractivity contribution in [3.05, 3.63) is 70.2 Å². The number of aromatic amines is 1. The number of carbonyl (C=O) groups excluding carboxylic acids is 2. The summed E-state index contributed by atoms with van der Waals surface area (Å²) >= 11 is 7.29. The predicted molar refractivity (Wildman–Crippen MR) is 155 cm³/mol. The molecule has 0 spiro atoms. The lowest BCUT2D eigenvalue weighted by molar-refractivity contribution is -0.122. The number of sulfonamides is 1. The van der Waals surface area contributed by atoms with E-state index in [1.807, 2.05) is 6.92 Å². The molecule has 2 amide bonds. The van der Waals surface area contributed by atoms with Gasteiger partial charge in [-0.15, -0.1) is 21.5 Å². The van der Waals surface area contributed by atoms with Crippen LogP contribution in [-0.2, 0) is 21.4 Å². The SMILES string of the molecule is Cc1cc2nc(C(=O)N3CCN(S(=O)(=O)c4ccc5cc(Cl)ccc5c4)CC3CC(=O)NCc3nn[nH]n3)sc2cn1. The maximum absolute atomic E-state index is 13.8. The first-order valence-electron chi connectivity index (χ1n) is 12.9. The predicted octanol–water partition coefficient (Wildman–Crippen LogP) is 2.54. The molecule has 16 heteroatoms. The van der Waals surface area contributed by atoms with Gasteiger partial charge in [-0.2, -0.15) is 9.52 Å². The van der Waals surface area contributed by atoms with Crippen molar-refractivity contribution < 1.29 is 18.0 Å². The lowest BCUT2D eigenvalue weighted by Crippen LogP contribution is -2.57. The second-order valence-corrected chi connectivity index (χ2v) is 13.2. The highest BCUT2D eigenvalue weighted by Crippen LogP contribution is 2.29. The molecule has 0 bridgehead atoms. The zero-order chi connectivity index (χ0) is 29.4. The van der Waals surface area contributed by atoms with Crippen molar-refractivity contribution in [3.8, 4) is 0 Å². The number of nitrogens with zero attached hydrogens (tertiary/aromatic N) is 7. The Morgan fingerprint density at radius 3 is 2.76 bits per heavy atom. The minimum atomic E-state index is -3.94. The Kier molecular flexibility index (Phi) is 7.57. The van der Waals surface area contributed by atoms with E-state index in [0.717, 1.165) is 21.2 Å². The number of hydrogen-bond acceptors (Lipinski definition) is 10. The van der Waals surface area contributed by atoms with Gasteiger partial charge in [0, 0.05) is 43.0 Å². The van der Waals surface area contributed by atoms with Crippen molar-refractivity contribution in [2.75, 3.05) is 19.6 Å². The molecular formula is C26H24ClN9O4S2. The van der Waals surface area contributed by atoms with Gasteiger partial charge >= 0.3 is 0 Å². The Morgan fingerprint density at radius 2 is 1.95 bits per heavy atom. The zero-order valence-electron chi connectivity index (χ0n) is 22.2. The number of aryl methyl sites for hydroxylation is 1. The summed E-state index contributed by atoms with van der Waals surface area (Å²) in [6.45, 7) is 1.93. The van der Waals surface area contributed by atoms with Crippen LogP contribution in [0, 0.1) is 6.92 Å². The fourth-order valence-electron chi connectivity index (χ4n) is 4.86. The third-order valence-corrected chi connectivity index (χ3v) is 10.1. The average molecular weight is 626 g/mol. The topological polar surface area (TPSA) is 167 Å². The Balaban J connectivity index is 1.26. The van der Waals surface area contributed by atoms with Gasteiger partial charge in [-0.05, 0) is 48.0 Å². The molecule has 1 aliphatic heterocycles. The molecule has 0 saturated carbocycles. The van der Waals surface area contributed by atoms with Gasteiger partial charge in [-0.1, -0.05) is 28.9 Å². The Bertz CT molecular complexity index is 1910. The molecule has 42 heavy (non-hydrogen) atoms. The maximum Gasteiger partial charge on any atom is 0.283 e. The van der Waals surface area contributed by atoms with Gasteiger partial charge in [0.1, 0.15) is 0 Å². The third kappa shape index (κ3) is 5.68. The number of amides is 2. The van der Waals surface area contributed by atoms with Crippen LogP contribution < -0.4 is 5.32 Å². The first kappa shape index (κ1) is 28.1. The summed E-state index contributed by atoms with van der Waals surface area (Å²) in [5, 5.41) is 18.5. The van der Waals surface area contributed by atoms with Gasteiger partial charge in [-0.3, -0.25) is 14.6 Å². The van der Waals surface area contributed by atoms with Gasteiger partial charge in [0.25, 0.3) is 5.91 Å². The smallest absolute Gasteiger partial charge is 0.283 e. The first-order valence-corrected chi connectivity index (χ1v) is 15.5. The number of carbonyl (C=O) groups is 2. The molecule has 0 aliphatic carbocycles. The van der Waals surface area contributed by atoms with Crippen molar-refractivity contribution in [3.63, 3.8) is 0 Å². The number of benzene rings is 2. The number of H-pyrrole nitrogens is 1. The van der Waals surface area contributed by atoms with Gasteiger partial charge in [-0.25, -0.2) is 13.4 Å². The van der Waals surface area contributed by atoms with Crippen LogP contribution in [0.2, 0.25) is 5.02 Å². The highest BCUT2D eigenvalue weighted by Gasteiger charge is 2.38. The van der Waals surface area contributed by atoms with Crippen molar-refractivity contribution in [1.82, 2.24) is 45.1 Å². The number of pyridine rings is 1. The summed E-state index contributed by atoms with van der Waals surface area (Å²) < 4.78 is 29.6. The van der Waals surface area contributed by atoms with Crippen LogP contribution >= 0.6 is 22.9 Å². The fraction of sp³-hybridized carbons (Fsp3) is 0.269. The fourth-order valence-corrected chi connectivity index (χ4v) is 7.42. The largest absolute Gasteiger partial charge is 0.349 e. The van der Waals surface area contributed by atoms with E-state index in [0.29, 0.717) is 16.4 Å². The molecule has 4 heterocycles. The average Bonchev–Trinajstić information content (AvgIpc) is 3.65. The number of rotatable bonds is 7. The van der Waals surface area contributed by atoms with E-state index in [9.17, 15) is 18.0 Å². The zero-order valence-corrected chi connectivity index (χ0v) is 24.6. The van der Waals surface area contributed by atoms with E-state index in [-0.39, 0.29) is 48.4 Å². The number of piperazine rings is 1. The number of fused-ring (bicyclic) bond motifs is 2. The van der Waals surface area contributed by atoms with E-state index >= 15 is 0 Å². The molecule has 1 aliphatic rings. The van der Waals surface area contributed by atoms with Crippen LogP contribution in [-0.4, -0.2) is 85.7 Å². The summed E-state index contributed by atoms with van der Waals surface area (Å²) in [4.78, 5) is 37.1. The summed E-state index contributed by atoms with van der Waals surface area (Å²) in [5.74, 6) is -0.474. The minimum Gasteiger partial charge on any atom is -0.349 e. The molecule has 1 saturated heterocycles. The highest BCUT2D eigenvalue weighted by atomic mass is 35.5. The van der Waals surface area contributed by atoms with E-state index in [1.54, 1.807) is 42.6 Å². The van der Waals surface area contributed by atoms with Gasteiger partial charge in [0.2, 0.25) is 15.9 Å². The molecule has 6 rings (SSSR count). The molecular weight excluding hydrogens is 602 g/mol. The second kappa shape index (κ2) is 11.3. The molecule has 2 N–H and O–H groups in total. The lowest BCUT2D eigenvalue weighted by atomic mass is 10.1. The number of aromatic nitrogens is 6. The highest BCUT2D eigenvalue weighted by molar-refractivity contribution is 7.89. The molecule has 1 atom stereocenters. The van der Waals surface area contributed by atoms with Crippen molar-refractivity contribution in [2.24, 2.45) is 0 Å². The van der Waals surface area contributed by atoms with Crippen LogP contribution in [0.1, 0.15) is 27.7 Å². The molecule has 216 valence electrons. The van der Waals surface area contributed by atoms with E-state index in [4.69, 9.17) is 11.6 Å². The van der Waals surface area contributed by atoms with Crippen LogP contribution in [0.3, 0.4) is 0 Å². The van der Waals surface area contributed by atoms with Crippen LogP contribution in [0.25, 0.3) is 21.0 Å². The molecule has 5 aromatic rings. The Morgan fingerprint density at radius 1 is 1.14 bits per heavy atom. The summed E-state index contributed by atoms with van der Waals surface area (Å²) in [6, 6.07) is 11.1. The van der Waals surface area contributed by atoms with E-state index in [1.165, 1.54) is 26.6 Å². The number of nitrogens with one attached hydrogen (secondary N) is 2. The van der Waals surface area contributed by atoms with Crippen molar-refractivity contribution in [1.29, 1.82) is 0 Å². The number of halogens is 1. The van der Waals surface area contributed by atoms with Gasteiger partial charge < -0.3 is 10.2 Å². The van der Waals surface area contributed by atoms with Gasteiger partial charge in [0.05, 0.1) is 27.7 Å². The molecule has 1 fully saturated rings. The third-order valence-electron chi connectivity index (χ3n) is 6.97. The quantitative estimate of drug-likeness (QED) is 0.276.